The minimum atomic E-state index is -0.0000950. The number of Topliss-reactive ketones (excluding diaryl/α,β-unsaturated/α-hetero) is 1. The Hall–Kier alpha value is -1.06. The molecule has 2 amide bonds. The fourth-order valence-corrected chi connectivity index (χ4v) is 1.96. The molecular formula is C11H20N2O2. The second-order valence-corrected chi connectivity index (χ2v) is 3.92. The van der Waals surface area contributed by atoms with Crippen LogP contribution < -0.4 is 5.32 Å². The molecule has 86 valence electrons. The Morgan fingerprint density at radius 3 is 2.33 bits per heavy atom. The highest BCUT2D eigenvalue weighted by molar-refractivity contribution is 5.81. The second kappa shape index (κ2) is 5.73. The summed E-state index contributed by atoms with van der Waals surface area (Å²) in [6.07, 6.45) is 2.26. The van der Waals surface area contributed by atoms with Crippen LogP contribution in [0.2, 0.25) is 0 Å². The van der Waals surface area contributed by atoms with Gasteiger partial charge in [-0.05, 0) is 19.8 Å². The van der Waals surface area contributed by atoms with Gasteiger partial charge in [0, 0.05) is 32.0 Å². The van der Waals surface area contributed by atoms with Gasteiger partial charge in [0.15, 0.2) is 0 Å². The molecule has 0 bridgehead atoms. The smallest absolute Gasteiger partial charge is 0.317 e. The molecule has 4 nitrogen and oxygen atoms in total. The standard InChI is InChI=1S/C11H20N2O2/c1-3-10(14)9-5-7-13(8-6-9)11(15)12-4-2/h9H,3-8H2,1-2H3,(H,12,15). The Balaban J connectivity index is 2.35. The van der Waals surface area contributed by atoms with Gasteiger partial charge >= 0.3 is 6.03 Å². The number of amides is 2. The summed E-state index contributed by atoms with van der Waals surface area (Å²) in [6.45, 7) is 5.89. The Morgan fingerprint density at radius 2 is 1.87 bits per heavy atom. The van der Waals surface area contributed by atoms with Crippen LogP contribution in [0.1, 0.15) is 33.1 Å². The molecule has 0 saturated carbocycles. The van der Waals surface area contributed by atoms with Crippen molar-refractivity contribution in [2.75, 3.05) is 19.6 Å². The van der Waals surface area contributed by atoms with E-state index in [1.165, 1.54) is 0 Å². The number of likely N-dealkylation sites (tertiary alicyclic amines) is 1. The molecule has 1 heterocycles. The van der Waals surface area contributed by atoms with Crippen LogP contribution in [0.4, 0.5) is 4.79 Å². The van der Waals surface area contributed by atoms with Crippen molar-refractivity contribution in [1.29, 1.82) is 0 Å². The molecule has 0 atom stereocenters. The van der Waals surface area contributed by atoms with Crippen molar-refractivity contribution < 1.29 is 9.59 Å². The summed E-state index contributed by atoms with van der Waals surface area (Å²) in [6, 6.07) is -0.0000950. The lowest BCUT2D eigenvalue weighted by molar-refractivity contribution is -0.123. The normalized spacial score (nSPS) is 17.6. The summed E-state index contributed by atoms with van der Waals surface area (Å²) in [5.74, 6) is 0.520. The Kier molecular flexibility index (Phi) is 4.59. The number of hydrogen-bond donors (Lipinski definition) is 1. The minimum Gasteiger partial charge on any atom is -0.338 e. The monoisotopic (exact) mass is 212 g/mol. The zero-order chi connectivity index (χ0) is 11.3. The SMILES string of the molecule is CCNC(=O)N1CCC(C(=O)CC)CC1. The van der Waals surface area contributed by atoms with E-state index in [-0.39, 0.29) is 11.9 Å². The molecule has 0 aromatic heterocycles. The van der Waals surface area contributed by atoms with Crippen LogP contribution in [-0.4, -0.2) is 36.3 Å². The summed E-state index contributed by atoms with van der Waals surface area (Å²) in [4.78, 5) is 24.7. The van der Waals surface area contributed by atoms with Gasteiger partial charge in [0.1, 0.15) is 5.78 Å². The summed E-state index contributed by atoms with van der Waals surface area (Å²) in [5, 5.41) is 2.78. The lowest BCUT2D eigenvalue weighted by Crippen LogP contribution is -2.45. The number of piperidine rings is 1. The van der Waals surface area contributed by atoms with Crippen LogP contribution in [0.3, 0.4) is 0 Å². The zero-order valence-electron chi connectivity index (χ0n) is 9.58. The minimum absolute atomic E-state index is 0.0000950. The fourth-order valence-electron chi connectivity index (χ4n) is 1.96. The first kappa shape index (κ1) is 12.0. The molecule has 0 aromatic carbocycles. The number of urea groups is 1. The number of carbonyl (C=O) groups excluding carboxylic acids is 2. The van der Waals surface area contributed by atoms with Crippen LogP contribution in [0.25, 0.3) is 0 Å². The van der Waals surface area contributed by atoms with Gasteiger partial charge in [-0.3, -0.25) is 4.79 Å². The first-order valence-electron chi connectivity index (χ1n) is 5.74. The van der Waals surface area contributed by atoms with Crippen LogP contribution in [0.5, 0.6) is 0 Å². The Labute approximate surface area is 91.0 Å². The van der Waals surface area contributed by atoms with E-state index in [0.29, 0.717) is 31.8 Å². The number of nitrogens with one attached hydrogen (secondary N) is 1. The highest BCUT2D eigenvalue weighted by Gasteiger charge is 2.25. The van der Waals surface area contributed by atoms with Gasteiger partial charge in [0.05, 0.1) is 0 Å². The van der Waals surface area contributed by atoms with E-state index in [2.05, 4.69) is 5.32 Å². The van der Waals surface area contributed by atoms with Gasteiger partial charge in [-0.15, -0.1) is 0 Å². The zero-order valence-corrected chi connectivity index (χ0v) is 9.58. The van der Waals surface area contributed by atoms with Crippen molar-refractivity contribution in [3.8, 4) is 0 Å². The fraction of sp³-hybridized carbons (Fsp3) is 0.818. The van der Waals surface area contributed by atoms with Crippen LogP contribution in [0.15, 0.2) is 0 Å². The van der Waals surface area contributed by atoms with Crippen molar-refractivity contribution in [3.05, 3.63) is 0 Å². The van der Waals surface area contributed by atoms with Crippen LogP contribution >= 0.6 is 0 Å². The Bertz CT molecular complexity index is 233. The maximum absolute atomic E-state index is 11.5. The summed E-state index contributed by atoms with van der Waals surface area (Å²) in [5.41, 5.74) is 0. The molecular weight excluding hydrogens is 192 g/mol. The van der Waals surface area contributed by atoms with Gasteiger partial charge in [0.2, 0.25) is 0 Å². The number of ketones is 1. The highest BCUT2D eigenvalue weighted by atomic mass is 16.2. The first-order valence-corrected chi connectivity index (χ1v) is 5.74. The van der Waals surface area contributed by atoms with Gasteiger partial charge in [-0.2, -0.15) is 0 Å². The average molecular weight is 212 g/mol. The van der Waals surface area contributed by atoms with Crippen LogP contribution in [0, 0.1) is 5.92 Å². The molecule has 1 aliphatic heterocycles. The van der Waals surface area contributed by atoms with E-state index in [0.717, 1.165) is 12.8 Å². The van der Waals surface area contributed by atoms with Crippen molar-refractivity contribution >= 4 is 11.8 Å². The maximum Gasteiger partial charge on any atom is 0.317 e. The quantitative estimate of drug-likeness (QED) is 0.769. The van der Waals surface area contributed by atoms with E-state index in [1.54, 1.807) is 4.90 Å². The number of carbonyl (C=O) groups is 2. The van der Waals surface area contributed by atoms with Gasteiger partial charge < -0.3 is 10.2 Å². The van der Waals surface area contributed by atoms with Gasteiger partial charge in [0.25, 0.3) is 0 Å². The maximum atomic E-state index is 11.5. The number of rotatable bonds is 3. The molecule has 1 fully saturated rings. The molecule has 15 heavy (non-hydrogen) atoms. The summed E-state index contributed by atoms with van der Waals surface area (Å²) in [7, 11) is 0. The van der Waals surface area contributed by atoms with Gasteiger partial charge in [-0.1, -0.05) is 6.92 Å². The summed E-state index contributed by atoms with van der Waals surface area (Å²) >= 11 is 0. The third-order valence-corrected chi connectivity index (χ3v) is 2.91. The lowest BCUT2D eigenvalue weighted by atomic mass is 9.91. The molecule has 0 aliphatic carbocycles. The predicted molar refractivity (Wildman–Crippen MR) is 58.7 cm³/mol. The molecule has 0 aromatic rings. The molecule has 0 radical (unpaired) electrons. The molecule has 1 saturated heterocycles. The van der Waals surface area contributed by atoms with Crippen LogP contribution in [-0.2, 0) is 4.79 Å². The summed E-state index contributed by atoms with van der Waals surface area (Å²) < 4.78 is 0. The van der Waals surface area contributed by atoms with E-state index in [1.807, 2.05) is 13.8 Å². The first-order chi connectivity index (χ1) is 7.19. The molecule has 1 N–H and O–H groups in total. The molecule has 4 heteroatoms. The van der Waals surface area contributed by atoms with E-state index >= 15 is 0 Å². The lowest BCUT2D eigenvalue weighted by Gasteiger charge is -2.31. The third kappa shape index (κ3) is 3.22. The van der Waals surface area contributed by atoms with Crippen molar-refractivity contribution in [3.63, 3.8) is 0 Å². The largest absolute Gasteiger partial charge is 0.338 e. The molecule has 0 spiro atoms. The predicted octanol–water partition coefficient (Wildman–Crippen LogP) is 1.41. The second-order valence-electron chi connectivity index (χ2n) is 3.92. The highest BCUT2D eigenvalue weighted by Crippen LogP contribution is 2.19. The Morgan fingerprint density at radius 1 is 1.27 bits per heavy atom. The van der Waals surface area contributed by atoms with E-state index in [4.69, 9.17) is 0 Å². The van der Waals surface area contributed by atoms with Crippen molar-refractivity contribution in [1.82, 2.24) is 10.2 Å². The molecule has 1 rings (SSSR count). The number of nitrogens with zero attached hydrogens (tertiary/aromatic N) is 1. The van der Waals surface area contributed by atoms with Crippen molar-refractivity contribution in [2.45, 2.75) is 33.1 Å². The van der Waals surface area contributed by atoms with E-state index in [9.17, 15) is 9.59 Å². The third-order valence-electron chi connectivity index (χ3n) is 2.91. The van der Waals surface area contributed by atoms with E-state index < -0.39 is 0 Å². The average Bonchev–Trinajstić information content (AvgIpc) is 2.28. The molecule has 0 unspecified atom stereocenters. The van der Waals surface area contributed by atoms with Gasteiger partial charge in [-0.25, -0.2) is 4.79 Å². The topological polar surface area (TPSA) is 49.4 Å². The number of hydrogen-bond acceptors (Lipinski definition) is 2. The van der Waals surface area contributed by atoms with Crippen molar-refractivity contribution in [2.24, 2.45) is 5.92 Å². The molecule has 1 aliphatic rings.